The molecule has 1 fully saturated rings. The molecule has 1 aliphatic rings. The SMILES string of the molecule is O=C(CCC1CCCCC1)COCc1ccccc1. The molecule has 0 bridgehead atoms. The third-order valence-electron chi connectivity index (χ3n) is 3.93. The third kappa shape index (κ3) is 5.56. The lowest BCUT2D eigenvalue weighted by molar-refractivity contribution is -0.124. The minimum Gasteiger partial charge on any atom is -0.369 e. The molecular formula is C17H24O2. The van der Waals surface area contributed by atoms with Gasteiger partial charge in [0.25, 0.3) is 0 Å². The highest BCUT2D eigenvalue weighted by Crippen LogP contribution is 2.27. The zero-order chi connectivity index (χ0) is 13.3. The van der Waals surface area contributed by atoms with Gasteiger partial charge in [0.15, 0.2) is 5.78 Å². The first-order valence-electron chi connectivity index (χ1n) is 7.48. The van der Waals surface area contributed by atoms with Crippen molar-refractivity contribution >= 4 is 5.78 Å². The lowest BCUT2D eigenvalue weighted by Crippen LogP contribution is -2.12. The molecule has 19 heavy (non-hydrogen) atoms. The number of rotatable bonds is 7. The summed E-state index contributed by atoms with van der Waals surface area (Å²) in [5.41, 5.74) is 1.13. The van der Waals surface area contributed by atoms with E-state index in [2.05, 4.69) is 0 Å². The van der Waals surface area contributed by atoms with Crippen LogP contribution >= 0.6 is 0 Å². The molecule has 0 radical (unpaired) electrons. The topological polar surface area (TPSA) is 26.3 Å². The van der Waals surface area contributed by atoms with Crippen molar-refractivity contribution < 1.29 is 9.53 Å². The second-order valence-electron chi connectivity index (χ2n) is 5.56. The molecule has 1 aromatic carbocycles. The smallest absolute Gasteiger partial charge is 0.158 e. The third-order valence-corrected chi connectivity index (χ3v) is 3.93. The molecule has 0 atom stereocenters. The van der Waals surface area contributed by atoms with Crippen LogP contribution in [-0.4, -0.2) is 12.4 Å². The Morgan fingerprint density at radius 3 is 2.58 bits per heavy atom. The molecule has 104 valence electrons. The van der Waals surface area contributed by atoms with Gasteiger partial charge < -0.3 is 4.74 Å². The van der Waals surface area contributed by atoms with Crippen molar-refractivity contribution in [2.24, 2.45) is 5.92 Å². The Hall–Kier alpha value is -1.15. The average molecular weight is 260 g/mol. The Kier molecular flexibility index (Phi) is 6.09. The maximum Gasteiger partial charge on any atom is 0.158 e. The van der Waals surface area contributed by atoms with E-state index < -0.39 is 0 Å². The Labute approximate surface area is 116 Å². The van der Waals surface area contributed by atoms with Gasteiger partial charge in [-0.05, 0) is 17.9 Å². The predicted octanol–water partition coefficient (Wildman–Crippen LogP) is 4.13. The molecule has 1 aliphatic carbocycles. The molecule has 0 heterocycles. The summed E-state index contributed by atoms with van der Waals surface area (Å²) in [4.78, 5) is 11.8. The van der Waals surface area contributed by atoms with Crippen LogP contribution in [0.5, 0.6) is 0 Å². The monoisotopic (exact) mass is 260 g/mol. The highest BCUT2D eigenvalue weighted by atomic mass is 16.5. The lowest BCUT2D eigenvalue weighted by Gasteiger charge is -2.20. The molecule has 0 aromatic heterocycles. The summed E-state index contributed by atoms with van der Waals surface area (Å²) in [5.74, 6) is 1.04. The first kappa shape index (κ1) is 14.3. The maximum absolute atomic E-state index is 11.8. The first-order valence-corrected chi connectivity index (χ1v) is 7.48. The van der Waals surface area contributed by atoms with Crippen LogP contribution in [0.15, 0.2) is 30.3 Å². The van der Waals surface area contributed by atoms with Crippen molar-refractivity contribution in [3.63, 3.8) is 0 Å². The lowest BCUT2D eigenvalue weighted by atomic mass is 9.86. The number of benzene rings is 1. The van der Waals surface area contributed by atoms with Crippen LogP contribution in [0.25, 0.3) is 0 Å². The molecule has 0 saturated heterocycles. The van der Waals surface area contributed by atoms with E-state index >= 15 is 0 Å². The van der Waals surface area contributed by atoms with Crippen molar-refractivity contribution in [2.75, 3.05) is 6.61 Å². The Bertz CT molecular complexity index is 366. The van der Waals surface area contributed by atoms with E-state index in [1.54, 1.807) is 0 Å². The molecule has 1 saturated carbocycles. The molecule has 0 aliphatic heterocycles. The number of carbonyl (C=O) groups is 1. The minimum absolute atomic E-state index is 0.251. The quantitative estimate of drug-likeness (QED) is 0.736. The van der Waals surface area contributed by atoms with E-state index in [1.807, 2.05) is 30.3 Å². The summed E-state index contributed by atoms with van der Waals surface area (Å²) in [7, 11) is 0. The molecule has 2 heteroatoms. The zero-order valence-electron chi connectivity index (χ0n) is 11.6. The van der Waals surface area contributed by atoms with Gasteiger partial charge in [0.05, 0.1) is 6.61 Å². The van der Waals surface area contributed by atoms with Crippen LogP contribution in [0.4, 0.5) is 0 Å². The second kappa shape index (κ2) is 8.11. The van der Waals surface area contributed by atoms with E-state index in [0.29, 0.717) is 13.0 Å². The van der Waals surface area contributed by atoms with Gasteiger partial charge in [0, 0.05) is 6.42 Å². The van der Waals surface area contributed by atoms with Gasteiger partial charge >= 0.3 is 0 Å². The van der Waals surface area contributed by atoms with Crippen LogP contribution in [0, 0.1) is 5.92 Å². The molecule has 0 N–H and O–H groups in total. The van der Waals surface area contributed by atoms with Crippen molar-refractivity contribution in [2.45, 2.75) is 51.6 Å². The number of Topliss-reactive ketones (excluding diaryl/α,β-unsaturated/α-hetero) is 1. The normalized spacial score (nSPS) is 16.4. The van der Waals surface area contributed by atoms with Crippen LogP contribution in [0.3, 0.4) is 0 Å². The van der Waals surface area contributed by atoms with Crippen molar-refractivity contribution in [1.82, 2.24) is 0 Å². The van der Waals surface area contributed by atoms with Gasteiger partial charge in [-0.25, -0.2) is 0 Å². The average Bonchev–Trinajstić information content (AvgIpc) is 2.47. The minimum atomic E-state index is 0.251. The van der Waals surface area contributed by atoms with Gasteiger partial charge in [-0.3, -0.25) is 4.79 Å². The highest BCUT2D eigenvalue weighted by molar-refractivity contribution is 5.79. The number of hydrogen-bond donors (Lipinski definition) is 0. The Morgan fingerprint density at radius 1 is 1.11 bits per heavy atom. The van der Waals surface area contributed by atoms with Gasteiger partial charge in [0.2, 0.25) is 0 Å². The highest BCUT2D eigenvalue weighted by Gasteiger charge is 2.14. The van der Waals surface area contributed by atoms with Crippen LogP contribution < -0.4 is 0 Å². The van der Waals surface area contributed by atoms with E-state index in [-0.39, 0.29) is 12.4 Å². The van der Waals surface area contributed by atoms with Gasteiger partial charge in [-0.15, -0.1) is 0 Å². The number of ketones is 1. The van der Waals surface area contributed by atoms with Gasteiger partial charge in [-0.1, -0.05) is 62.4 Å². The molecule has 2 nitrogen and oxygen atoms in total. The molecule has 2 rings (SSSR count). The van der Waals surface area contributed by atoms with E-state index in [0.717, 1.165) is 17.9 Å². The fraction of sp³-hybridized carbons (Fsp3) is 0.588. The van der Waals surface area contributed by atoms with Gasteiger partial charge in [0.1, 0.15) is 6.61 Å². The van der Waals surface area contributed by atoms with Crippen molar-refractivity contribution in [3.05, 3.63) is 35.9 Å². The fourth-order valence-electron chi connectivity index (χ4n) is 2.77. The molecule has 0 spiro atoms. The fourth-order valence-corrected chi connectivity index (χ4v) is 2.77. The second-order valence-corrected chi connectivity index (χ2v) is 5.56. The number of ether oxygens (including phenoxy) is 1. The van der Waals surface area contributed by atoms with Crippen molar-refractivity contribution in [1.29, 1.82) is 0 Å². The largest absolute Gasteiger partial charge is 0.369 e. The van der Waals surface area contributed by atoms with Crippen LogP contribution in [-0.2, 0) is 16.1 Å². The Morgan fingerprint density at radius 2 is 1.84 bits per heavy atom. The number of hydrogen-bond acceptors (Lipinski definition) is 2. The Balaban J connectivity index is 1.57. The standard InChI is InChI=1S/C17H24O2/c18-17(12-11-15-7-3-1-4-8-15)14-19-13-16-9-5-2-6-10-16/h2,5-6,9-10,15H,1,3-4,7-8,11-14H2. The predicted molar refractivity (Wildman–Crippen MR) is 76.9 cm³/mol. The van der Waals surface area contributed by atoms with E-state index in [4.69, 9.17) is 4.74 Å². The summed E-state index contributed by atoms with van der Waals surface area (Å²) in [5, 5.41) is 0. The van der Waals surface area contributed by atoms with E-state index in [9.17, 15) is 4.79 Å². The summed E-state index contributed by atoms with van der Waals surface area (Å²) in [6.07, 6.45) is 8.47. The molecule has 0 unspecified atom stereocenters. The van der Waals surface area contributed by atoms with Crippen LogP contribution in [0.1, 0.15) is 50.5 Å². The van der Waals surface area contributed by atoms with E-state index in [1.165, 1.54) is 32.1 Å². The molecular weight excluding hydrogens is 236 g/mol. The van der Waals surface area contributed by atoms with Crippen molar-refractivity contribution in [3.8, 4) is 0 Å². The summed E-state index contributed by atoms with van der Waals surface area (Å²) in [6.45, 7) is 0.803. The van der Waals surface area contributed by atoms with Gasteiger partial charge in [-0.2, -0.15) is 0 Å². The molecule has 1 aromatic rings. The summed E-state index contributed by atoms with van der Waals surface area (Å²) in [6, 6.07) is 10.0. The first-order chi connectivity index (χ1) is 9.34. The molecule has 0 amide bonds. The maximum atomic E-state index is 11.8. The summed E-state index contributed by atoms with van der Waals surface area (Å²) < 4.78 is 5.47. The zero-order valence-corrected chi connectivity index (χ0v) is 11.6. The summed E-state index contributed by atoms with van der Waals surface area (Å²) >= 11 is 0. The van der Waals surface area contributed by atoms with Crippen LogP contribution in [0.2, 0.25) is 0 Å². The number of carbonyl (C=O) groups excluding carboxylic acids is 1.